The van der Waals surface area contributed by atoms with Gasteiger partial charge in [-0.25, -0.2) is 8.78 Å². The number of phenolic OH excluding ortho intramolecular Hbond substituents is 1. The van der Waals surface area contributed by atoms with Crippen molar-refractivity contribution in [2.45, 2.75) is 6.54 Å². The van der Waals surface area contributed by atoms with Crippen molar-refractivity contribution in [3.63, 3.8) is 0 Å². The number of aromatic hydroxyl groups is 1. The largest absolute Gasteiger partial charge is 0.504 e. The third-order valence-corrected chi connectivity index (χ3v) is 2.68. The fourth-order valence-corrected chi connectivity index (χ4v) is 1.66. The number of halogens is 2. The van der Waals surface area contributed by atoms with Crippen LogP contribution in [-0.2, 0) is 6.54 Å². The van der Waals surface area contributed by atoms with E-state index in [9.17, 15) is 13.9 Å². The van der Waals surface area contributed by atoms with Crippen molar-refractivity contribution in [3.8, 4) is 11.5 Å². The number of benzene rings is 2. The lowest BCUT2D eigenvalue weighted by Gasteiger charge is -2.09. The second-order valence-corrected chi connectivity index (χ2v) is 3.98. The average molecular weight is 265 g/mol. The lowest BCUT2D eigenvalue weighted by Crippen LogP contribution is -2.02. The van der Waals surface area contributed by atoms with Crippen molar-refractivity contribution < 1.29 is 18.6 Å². The van der Waals surface area contributed by atoms with Crippen LogP contribution in [0.2, 0.25) is 0 Å². The Morgan fingerprint density at radius 2 is 1.95 bits per heavy atom. The summed E-state index contributed by atoms with van der Waals surface area (Å²) < 4.78 is 31.1. The third-order valence-electron chi connectivity index (χ3n) is 2.68. The van der Waals surface area contributed by atoms with Crippen LogP contribution in [0, 0.1) is 11.6 Å². The van der Waals surface area contributed by atoms with Gasteiger partial charge in [-0.3, -0.25) is 0 Å². The van der Waals surface area contributed by atoms with Crippen molar-refractivity contribution in [2.24, 2.45) is 0 Å². The summed E-state index contributed by atoms with van der Waals surface area (Å²) in [5.41, 5.74) is 0.957. The molecule has 19 heavy (non-hydrogen) atoms. The van der Waals surface area contributed by atoms with E-state index in [0.29, 0.717) is 17.0 Å². The summed E-state index contributed by atoms with van der Waals surface area (Å²) in [7, 11) is 1.45. The zero-order valence-electron chi connectivity index (χ0n) is 10.3. The monoisotopic (exact) mass is 265 g/mol. The normalized spacial score (nSPS) is 10.3. The number of ether oxygens (including phenoxy) is 1. The number of hydrogen-bond acceptors (Lipinski definition) is 3. The van der Waals surface area contributed by atoms with E-state index >= 15 is 0 Å². The van der Waals surface area contributed by atoms with E-state index in [-0.39, 0.29) is 12.3 Å². The summed E-state index contributed by atoms with van der Waals surface area (Å²) in [5, 5.41) is 12.5. The first kappa shape index (κ1) is 13.1. The van der Waals surface area contributed by atoms with Crippen molar-refractivity contribution >= 4 is 5.69 Å². The summed E-state index contributed by atoms with van der Waals surface area (Å²) >= 11 is 0. The Labute approximate surface area is 109 Å². The fraction of sp³-hybridized carbons (Fsp3) is 0.143. The van der Waals surface area contributed by atoms with Crippen molar-refractivity contribution in [2.75, 3.05) is 12.4 Å². The molecule has 0 amide bonds. The number of methoxy groups -OCH3 is 1. The summed E-state index contributed by atoms with van der Waals surface area (Å²) in [6, 6.07) is 8.17. The number of phenols is 1. The van der Waals surface area contributed by atoms with Crippen LogP contribution < -0.4 is 10.1 Å². The molecule has 0 unspecified atom stereocenters. The first-order valence-corrected chi connectivity index (χ1v) is 5.65. The van der Waals surface area contributed by atoms with E-state index in [1.165, 1.54) is 25.3 Å². The van der Waals surface area contributed by atoms with E-state index < -0.39 is 11.6 Å². The van der Waals surface area contributed by atoms with E-state index in [1.54, 1.807) is 12.1 Å². The summed E-state index contributed by atoms with van der Waals surface area (Å²) in [6.07, 6.45) is 0. The predicted octanol–water partition coefficient (Wildman–Crippen LogP) is 3.29. The SMILES string of the molecule is COc1ccc(NCc2ccc(F)cc2F)cc1O. The Bertz CT molecular complexity index is 588. The smallest absolute Gasteiger partial charge is 0.160 e. The fourth-order valence-electron chi connectivity index (χ4n) is 1.66. The molecule has 2 rings (SSSR count). The molecular formula is C14H13F2NO2. The van der Waals surface area contributed by atoms with Gasteiger partial charge < -0.3 is 15.2 Å². The molecule has 0 heterocycles. The van der Waals surface area contributed by atoms with E-state index in [4.69, 9.17) is 4.74 Å². The maximum Gasteiger partial charge on any atom is 0.160 e. The van der Waals surface area contributed by atoms with Crippen LogP contribution in [0.1, 0.15) is 5.56 Å². The van der Waals surface area contributed by atoms with E-state index in [1.807, 2.05) is 0 Å². The molecule has 3 nitrogen and oxygen atoms in total. The highest BCUT2D eigenvalue weighted by molar-refractivity contribution is 5.54. The maximum absolute atomic E-state index is 13.4. The van der Waals surface area contributed by atoms with Crippen LogP contribution in [0.15, 0.2) is 36.4 Å². The van der Waals surface area contributed by atoms with Crippen LogP contribution in [0.25, 0.3) is 0 Å². The molecule has 0 saturated heterocycles. The van der Waals surface area contributed by atoms with Gasteiger partial charge in [0, 0.05) is 29.9 Å². The number of nitrogens with one attached hydrogen (secondary N) is 1. The second kappa shape index (κ2) is 5.56. The van der Waals surface area contributed by atoms with Gasteiger partial charge in [-0.2, -0.15) is 0 Å². The molecule has 2 aromatic rings. The summed E-state index contributed by atoms with van der Waals surface area (Å²) in [6.45, 7) is 0.192. The van der Waals surface area contributed by atoms with Gasteiger partial charge in [0.2, 0.25) is 0 Å². The molecule has 0 aliphatic rings. The third kappa shape index (κ3) is 3.13. The van der Waals surface area contributed by atoms with Gasteiger partial charge in [-0.05, 0) is 18.2 Å². The van der Waals surface area contributed by atoms with Crippen LogP contribution in [0.4, 0.5) is 14.5 Å². The Morgan fingerprint density at radius 3 is 2.58 bits per heavy atom. The van der Waals surface area contributed by atoms with Crippen molar-refractivity contribution in [1.29, 1.82) is 0 Å². The van der Waals surface area contributed by atoms with Gasteiger partial charge in [0.25, 0.3) is 0 Å². The molecule has 2 N–H and O–H groups in total. The van der Waals surface area contributed by atoms with Crippen molar-refractivity contribution in [1.82, 2.24) is 0 Å². The standard InChI is InChI=1S/C14H13F2NO2/c1-19-14-5-4-11(7-13(14)18)17-8-9-2-3-10(15)6-12(9)16/h2-7,17-18H,8H2,1H3. The molecule has 100 valence electrons. The zero-order chi connectivity index (χ0) is 13.8. The second-order valence-electron chi connectivity index (χ2n) is 3.98. The van der Waals surface area contributed by atoms with Gasteiger partial charge in [0.05, 0.1) is 7.11 Å². The van der Waals surface area contributed by atoms with E-state index in [2.05, 4.69) is 5.32 Å². The highest BCUT2D eigenvalue weighted by Crippen LogP contribution is 2.28. The number of rotatable bonds is 4. The highest BCUT2D eigenvalue weighted by Gasteiger charge is 2.05. The Morgan fingerprint density at radius 1 is 1.16 bits per heavy atom. The van der Waals surface area contributed by atoms with Crippen LogP contribution in [0.3, 0.4) is 0 Å². The lowest BCUT2D eigenvalue weighted by atomic mass is 10.2. The molecule has 0 aliphatic heterocycles. The molecule has 0 aromatic heterocycles. The van der Waals surface area contributed by atoms with Gasteiger partial charge in [-0.15, -0.1) is 0 Å². The van der Waals surface area contributed by atoms with Crippen LogP contribution >= 0.6 is 0 Å². The summed E-state index contributed by atoms with van der Waals surface area (Å²) in [4.78, 5) is 0. The van der Waals surface area contributed by atoms with Crippen LogP contribution in [-0.4, -0.2) is 12.2 Å². The molecule has 2 aromatic carbocycles. The molecule has 0 atom stereocenters. The Balaban J connectivity index is 2.08. The lowest BCUT2D eigenvalue weighted by molar-refractivity contribution is 0.373. The maximum atomic E-state index is 13.4. The number of hydrogen-bond donors (Lipinski definition) is 2. The molecule has 0 saturated carbocycles. The molecular weight excluding hydrogens is 252 g/mol. The van der Waals surface area contributed by atoms with Gasteiger partial charge in [0.15, 0.2) is 11.5 Å². The topological polar surface area (TPSA) is 41.5 Å². The molecule has 0 radical (unpaired) electrons. The summed E-state index contributed by atoms with van der Waals surface area (Å²) in [5.74, 6) is -0.862. The first-order chi connectivity index (χ1) is 9.10. The molecule has 0 spiro atoms. The quantitative estimate of drug-likeness (QED) is 0.891. The minimum Gasteiger partial charge on any atom is -0.504 e. The predicted molar refractivity (Wildman–Crippen MR) is 68.3 cm³/mol. The van der Waals surface area contributed by atoms with E-state index in [0.717, 1.165) is 6.07 Å². The Hall–Kier alpha value is -2.30. The minimum atomic E-state index is -0.608. The molecule has 5 heteroatoms. The minimum absolute atomic E-state index is 0.00734. The zero-order valence-corrected chi connectivity index (χ0v) is 10.3. The van der Waals surface area contributed by atoms with Gasteiger partial charge in [0.1, 0.15) is 11.6 Å². The average Bonchev–Trinajstić information content (AvgIpc) is 2.38. The van der Waals surface area contributed by atoms with Crippen LogP contribution in [0.5, 0.6) is 11.5 Å². The van der Waals surface area contributed by atoms with Crippen molar-refractivity contribution in [3.05, 3.63) is 53.6 Å². The highest BCUT2D eigenvalue weighted by atomic mass is 19.1. The Kier molecular flexibility index (Phi) is 3.85. The molecule has 0 aliphatic carbocycles. The van der Waals surface area contributed by atoms with Gasteiger partial charge >= 0.3 is 0 Å². The number of anilines is 1. The molecule has 0 bridgehead atoms. The molecule has 0 fully saturated rings. The van der Waals surface area contributed by atoms with Gasteiger partial charge in [-0.1, -0.05) is 6.07 Å². The first-order valence-electron chi connectivity index (χ1n) is 5.65.